The molecule has 3 rings (SSSR count). The normalized spacial score (nSPS) is 29.9. The van der Waals surface area contributed by atoms with Crippen LogP contribution in [0.5, 0.6) is 0 Å². The van der Waals surface area contributed by atoms with Crippen molar-refractivity contribution in [2.24, 2.45) is 5.92 Å². The molecule has 0 saturated carbocycles. The number of esters is 1. The van der Waals surface area contributed by atoms with Gasteiger partial charge >= 0.3 is 5.97 Å². The molecule has 1 saturated heterocycles. The predicted molar refractivity (Wildman–Crippen MR) is 59.6 cm³/mol. The first-order valence-electron chi connectivity index (χ1n) is 5.47. The molecule has 1 N–H and O–H groups in total. The van der Waals surface area contributed by atoms with Crippen molar-refractivity contribution < 1.29 is 9.53 Å². The minimum atomic E-state index is -0.491. The zero-order valence-electron chi connectivity index (χ0n) is 8.85. The van der Waals surface area contributed by atoms with Gasteiger partial charge in [-0.1, -0.05) is 42.5 Å². The number of nitrogens with one attached hydrogen (secondary N) is 1. The summed E-state index contributed by atoms with van der Waals surface area (Å²) in [6.45, 7) is 1.24. The van der Waals surface area contributed by atoms with E-state index in [1.54, 1.807) is 0 Å². The molecule has 16 heavy (non-hydrogen) atoms. The van der Waals surface area contributed by atoms with Crippen LogP contribution in [0.25, 0.3) is 0 Å². The lowest BCUT2D eigenvalue weighted by molar-refractivity contribution is -0.157. The topological polar surface area (TPSA) is 38.3 Å². The molecule has 1 aliphatic heterocycles. The summed E-state index contributed by atoms with van der Waals surface area (Å²) in [5, 5.41) is 3.13. The number of ether oxygens (including phenoxy) is 1. The smallest absolute Gasteiger partial charge is 0.331 e. The fourth-order valence-corrected chi connectivity index (χ4v) is 2.13. The first-order valence-corrected chi connectivity index (χ1v) is 5.47. The van der Waals surface area contributed by atoms with Crippen molar-refractivity contribution in [2.75, 3.05) is 6.54 Å². The summed E-state index contributed by atoms with van der Waals surface area (Å²) in [6, 6.07) is 9.73. The lowest BCUT2D eigenvalue weighted by atomic mass is 9.68. The molecule has 0 radical (unpaired) electrons. The average molecular weight is 215 g/mol. The quantitative estimate of drug-likeness (QED) is 0.609. The molecule has 1 heterocycles. The van der Waals surface area contributed by atoms with E-state index in [-0.39, 0.29) is 5.97 Å². The van der Waals surface area contributed by atoms with Gasteiger partial charge < -0.3 is 4.74 Å². The summed E-state index contributed by atoms with van der Waals surface area (Å²) >= 11 is 0. The second kappa shape index (κ2) is 3.46. The largest absolute Gasteiger partial charge is 0.459 e. The van der Waals surface area contributed by atoms with Gasteiger partial charge in [0.05, 0.1) is 0 Å². The molecule has 1 aromatic carbocycles. The Morgan fingerprint density at radius 2 is 2.25 bits per heavy atom. The molecule has 1 aliphatic carbocycles. The molecule has 1 aromatic rings. The van der Waals surface area contributed by atoms with Gasteiger partial charge in [-0.3, -0.25) is 5.32 Å². The fourth-order valence-electron chi connectivity index (χ4n) is 2.13. The summed E-state index contributed by atoms with van der Waals surface area (Å²) < 4.78 is 5.30. The van der Waals surface area contributed by atoms with Crippen molar-refractivity contribution in [1.29, 1.82) is 0 Å². The standard InChI is InChI=1S/C13H13NO2/c15-12(13-7-6-11(13)8-14-13)16-9-10-4-2-1-3-5-10/h1-7,11,14H,8-9H2. The van der Waals surface area contributed by atoms with E-state index in [4.69, 9.17) is 4.74 Å². The van der Waals surface area contributed by atoms with Gasteiger partial charge in [0, 0.05) is 12.5 Å². The Morgan fingerprint density at radius 1 is 1.44 bits per heavy atom. The maximum Gasteiger partial charge on any atom is 0.331 e. The molecule has 3 heteroatoms. The molecule has 0 aromatic heterocycles. The average Bonchev–Trinajstić information content (AvgIpc) is 2.32. The molecule has 3 nitrogen and oxygen atoms in total. The first-order chi connectivity index (χ1) is 7.81. The Bertz CT molecular complexity index is 441. The Balaban J connectivity index is 1.60. The van der Waals surface area contributed by atoms with Gasteiger partial charge in [-0.2, -0.15) is 0 Å². The van der Waals surface area contributed by atoms with Gasteiger partial charge in [0.2, 0.25) is 0 Å². The summed E-state index contributed by atoms with van der Waals surface area (Å²) in [7, 11) is 0. The molecule has 0 bridgehead atoms. The van der Waals surface area contributed by atoms with Crippen LogP contribution in [0.4, 0.5) is 0 Å². The lowest BCUT2D eigenvalue weighted by Gasteiger charge is -2.50. The molecular weight excluding hydrogens is 202 g/mol. The van der Waals surface area contributed by atoms with Crippen molar-refractivity contribution in [1.82, 2.24) is 5.32 Å². The van der Waals surface area contributed by atoms with Crippen LogP contribution in [-0.4, -0.2) is 18.1 Å². The SMILES string of the molecule is O=C(OCc1ccccc1)C12C=CC1CN2. The summed E-state index contributed by atoms with van der Waals surface area (Å²) in [5.41, 5.74) is 0.529. The van der Waals surface area contributed by atoms with E-state index in [0.717, 1.165) is 12.1 Å². The number of fused-ring (bicyclic) bond motifs is 1. The molecule has 2 aliphatic rings. The number of hydrogen-bond donors (Lipinski definition) is 1. The highest BCUT2D eigenvalue weighted by Gasteiger charge is 2.55. The zero-order valence-corrected chi connectivity index (χ0v) is 8.85. The van der Waals surface area contributed by atoms with Gasteiger partial charge in [-0.05, 0) is 5.56 Å². The number of carbonyl (C=O) groups is 1. The van der Waals surface area contributed by atoms with Crippen molar-refractivity contribution in [2.45, 2.75) is 12.1 Å². The highest BCUT2D eigenvalue weighted by molar-refractivity contribution is 5.88. The monoisotopic (exact) mass is 215 g/mol. The van der Waals surface area contributed by atoms with Crippen LogP contribution in [0.3, 0.4) is 0 Å². The molecule has 0 spiro atoms. The van der Waals surface area contributed by atoms with Gasteiger partial charge in [0.1, 0.15) is 12.1 Å². The number of hydrogen-bond acceptors (Lipinski definition) is 3. The van der Waals surface area contributed by atoms with Crippen LogP contribution in [0, 0.1) is 5.92 Å². The molecule has 0 amide bonds. The van der Waals surface area contributed by atoms with Crippen molar-refractivity contribution >= 4 is 5.97 Å². The van der Waals surface area contributed by atoms with Crippen LogP contribution < -0.4 is 5.32 Å². The van der Waals surface area contributed by atoms with Crippen molar-refractivity contribution in [3.63, 3.8) is 0 Å². The number of rotatable bonds is 3. The lowest BCUT2D eigenvalue weighted by Crippen LogP contribution is -2.72. The van der Waals surface area contributed by atoms with E-state index in [1.807, 2.05) is 36.4 Å². The van der Waals surface area contributed by atoms with Crippen LogP contribution in [0.15, 0.2) is 42.5 Å². The van der Waals surface area contributed by atoms with E-state index in [1.165, 1.54) is 0 Å². The second-order valence-corrected chi connectivity index (χ2v) is 4.28. The fraction of sp³-hybridized carbons (Fsp3) is 0.308. The summed E-state index contributed by atoms with van der Waals surface area (Å²) in [5.74, 6) is 0.186. The Labute approximate surface area is 94.1 Å². The van der Waals surface area contributed by atoms with Crippen molar-refractivity contribution in [3.8, 4) is 0 Å². The zero-order chi connectivity index (χ0) is 11.0. The predicted octanol–water partition coefficient (Wildman–Crippen LogP) is 1.26. The van der Waals surface area contributed by atoms with Gasteiger partial charge in [-0.15, -0.1) is 0 Å². The van der Waals surface area contributed by atoms with E-state index in [2.05, 4.69) is 11.4 Å². The maximum atomic E-state index is 11.8. The summed E-state index contributed by atoms with van der Waals surface area (Å²) in [6.07, 6.45) is 3.95. The molecular formula is C13H13NO2. The van der Waals surface area contributed by atoms with E-state index in [9.17, 15) is 4.79 Å². The van der Waals surface area contributed by atoms with Crippen LogP contribution in [0.1, 0.15) is 5.56 Å². The number of carbonyl (C=O) groups excluding carboxylic acids is 1. The molecule has 82 valence electrons. The molecule has 2 unspecified atom stereocenters. The van der Waals surface area contributed by atoms with E-state index < -0.39 is 5.54 Å². The molecule has 1 fully saturated rings. The Kier molecular flexibility index (Phi) is 2.07. The highest BCUT2D eigenvalue weighted by atomic mass is 16.5. The maximum absolute atomic E-state index is 11.8. The third kappa shape index (κ3) is 1.28. The van der Waals surface area contributed by atoms with E-state index in [0.29, 0.717) is 12.5 Å². The van der Waals surface area contributed by atoms with Gasteiger partial charge in [0.15, 0.2) is 0 Å². The Hall–Kier alpha value is -1.61. The van der Waals surface area contributed by atoms with Gasteiger partial charge in [-0.25, -0.2) is 4.79 Å². The van der Waals surface area contributed by atoms with E-state index >= 15 is 0 Å². The number of benzene rings is 1. The van der Waals surface area contributed by atoms with Crippen LogP contribution in [0.2, 0.25) is 0 Å². The van der Waals surface area contributed by atoms with Crippen LogP contribution in [-0.2, 0) is 16.1 Å². The van der Waals surface area contributed by atoms with Crippen molar-refractivity contribution in [3.05, 3.63) is 48.0 Å². The molecule has 2 atom stereocenters. The third-order valence-electron chi connectivity index (χ3n) is 3.34. The highest BCUT2D eigenvalue weighted by Crippen LogP contribution is 2.38. The minimum absolute atomic E-state index is 0.157. The minimum Gasteiger partial charge on any atom is -0.459 e. The second-order valence-electron chi connectivity index (χ2n) is 4.28. The summed E-state index contributed by atoms with van der Waals surface area (Å²) in [4.78, 5) is 11.8. The first kappa shape index (κ1) is 9.60. The Morgan fingerprint density at radius 3 is 2.75 bits per heavy atom. The van der Waals surface area contributed by atoms with Crippen LogP contribution >= 0.6 is 0 Å². The van der Waals surface area contributed by atoms with Gasteiger partial charge in [0.25, 0.3) is 0 Å². The third-order valence-corrected chi connectivity index (χ3v) is 3.34.